The number of Topliss-reactive ketones (excluding diaryl/α,β-unsaturated/α-hetero) is 4. The summed E-state index contributed by atoms with van der Waals surface area (Å²) in [4.78, 5) is 45.9. The van der Waals surface area contributed by atoms with Crippen LogP contribution >= 0.6 is 0 Å². The summed E-state index contributed by atoms with van der Waals surface area (Å²) in [5.41, 5.74) is 0. The molecule has 0 aromatic heterocycles. The van der Waals surface area contributed by atoms with Crippen LogP contribution in [-0.2, 0) is 19.2 Å². The topological polar surface area (TPSA) is 68.3 Å². The quantitative estimate of drug-likeness (QED) is 0.617. The first-order chi connectivity index (χ1) is 7.61. The van der Waals surface area contributed by atoms with E-state index in [0.717, 1.165) is 0 Å². The Morgan fingerprint density at radius 1 is 0.688 bits per heavy atom. The molecule has 2 atom stereocenters. The zero-order valence-corrected chi connectivity index (χ0v) is 9.03. The molecule has 2 fully saturated rings. The molecular weight excluding hydrogens is 208 g/mol. The minimum absolute atomic E-state index is 0.296. The van der Waals surface area contributed by atoms with Gasteiger partial charge in [0.15, 0.2) is 11.6 Å². The first-order valence-electron chi connectivity index (χ1n) is 5.75. The molecular formula is C12H14O4. The molecule has 0 bridgehead atoms. The third-order valence-electron chi connectivity index (χ3n) is 3.55. The maximum atomic E-state index is 11.7. The molecule has 2 unspecified atom stereocenters. The van der Waals surface area contributed by atoms with Crippen LogP contribution in [0, 0.1) is 11.8 Å². The monoisotopic (exact) mass is 222 g/mol. The van der Waals surface area contributed by atoms with Crippen molar-refractivity contribution in [1.29, 1.82) is 0 Å². The van der Waals surface area contributed by atoms with Gasteiger partial charge in [0.1, 0.15) is 0 Å². The number of ketones is 4. The van der Waals surface area contributed by atoms with Crippen molar-refractivity contribution in [3.8, 4) is 0 Å². The zero-order chi connectivity index (χ0) is 11.7. The standard InChI is InChI=1S/C12H14O4/c13-9-5-1-3-7(11(9)15)8-4-2-6-10(14)12(8)16/h7-8H,1-6H2. The summed E-state index contributed by atoms with van der Waals surface area (Å²) in [6, 6.07) is 0. The van der Waals surface area contributed by atoms with Crippen LogP contribution in [0.4, 0.5) is 0 Å². The molecule has 0 aromatic rings. The van der Waals surface area contributed by atoms with Crippen molar-refractivity contribution >= 4 is 23.1 Å². The van der Waals surface area contributed by atoms with E-state index >= 15 is 0 Å². The molecule has 0 heterocycles. The molecule has 0 aliphatic heterocycles. The van der Waals surface area contributed by atoms with Crippen LogP contribution in [0.25, 0.3) is 0 Å². The highest BCUT2D eigenvalue weighted by molar-refractivity contribution is 6.42. The van der Waals surface area contributed by atoms with Crippen LogP contribution in [0.1, 0.15) is 38.5 Å². The lowest BCUT2D eigenvalue weighted by Crippen LogP contribution is -2.41. The largest absolute Gasteiger partial charge is 0.291 e. The highest BCUT2D eigenvalue weighted by atomic mass is 16.2. The van der Waals surface area contributed by atoms with Gasteiger partial charge in [-0.1, -0.05) is 0 Å². The maximum Gasteiger partial charge on any atom is 0.202 e. The van der Waals surface area contributed by atoms with Crippen molar-refractivity contribution in [2.24, 2.45) is 11.8 Å². The summed E-state index contributed by atoms with van der Waals surface area (Å²) in [6.45, 7) is 0. The van der Waals surface area contributed by atoms with Gasteiger partial charge in [-0.2, -0.15) is 0 Å². The van der Waals surface area contributed by atoms with Gasteiger partial charge in [-0.15, -0.1) is 0 Å². The summed E-state index contributed by atoms with van der Waals surface area (Å²) in [6.07, 6.45) is 3.07. The van der Waals surface area contributed by atoms with Gasteiger partial charge in [-0.3, -0.25) is 19.2 Å². The van der Waals surface area contributed by atoms with Crippen LogP contribution < -0.4 is 0 Å². The lowest BCUT2D eigenvalue weighted by molar-refractivity contribution is -0.148. The van der Waals surface area contributed by atoms with Gasteiger partial charge < -0.3 is 0 Å². The van der Waals surface area contributed by atoms with Crippen LogP contribution in [0.15, 0.2) is 0 Å². The summed E-state index contributed by atoms with van der Waals surface area (Å²) in [5.74, 6) is -2.64. The van der Waals surface area contributed by atoms with E-state index in [0.29, 0.717) is 38.5 Å². The van der Waals surface area contributed by atoms with Gasteiger partial charge >= 0.3 is 0 Å². The molecule has 0 amide bonds. The summed E-state index contributed by atoms with van der Waals surface area (Å²) in [5, 5.41) is 0. The number of hydrogen-bond acceptors (Lipinski definition) is 4. The fourth-order valence-electron chi connectivity index (χ4n) is 2.66. The van der Waals surface area contributed by atoms with E-state index in [9.17, 15) is 19.2 Å². The summed E-state index contributed by atoms with van der Waals surface area (Å²) >= 11 is 0. The first kappa shape index (κ1) is 11.2. The fraction of sp³-hybridized carbons (Fsp3) is 0.667. The predicted octanol–water partition coefficient (Wildman–Crippen LogP) is 0.863. The maximum absolute atomic E-state index is 11.7. The fourth-order valence-corrected chi connectivity index (χ4v) is 2.66. The van der Waals surface area contributed by atoms with E-state index in [1.165, 1.54) is 0 Å². The number of rotatable bonds is 1. The molecule has 2 rings (SSSR count). The Kier molecular flexibility index (Phi) is 2.99. The van der Waals surface area contributed by atoms with Crippen molar-refractivity contribution < 1.29 is 19.2 Å². The van der Waals surface area contributed by atoms with Gasteiger partial charge in [-0.25, -0.2) is 0 Å². The second-order valence-corrected chi connectivity index (χ2v) is 4.57. The van der Waals surface area contributed by atoms with E-state index in [-0.39, 0.29) is 11.6 Å². The van der Waals surface area contributed by atoms with Crippen molar-refractivity contribution in [3.05, 3.63) is 0 Å². The molecule has 0 radical (unpaired) electrons. The second kappa shape index (κ2) is 4.28. The van der Waals surface area contributed by atoms with E-state index in [4.69, 9.17) is 0 Å². The second-order valence-electron chi connectivity index (χ2n) is 4.57. The SMILES string of the molecule is O=C1CCCC(C2CCCC(=O)C2=O)C1=O. The molecule has 2 aliphatic rings. The third-order valence-corrected chi connectivity index (χ3v) is 3.55. The molecule has 0 N–H and O–H groups in total. The predicted molar refractivity (Wildman–Crippen MR) is 54.7 cm³/mol. The first-order valence-corrected chi connectivity index (χ1v) is 5.75. The van der Waals surface area contributed by atoms with Crippen LogP contribution in [0.2, 0.25) is 0 Å². The molecule has 16 heavy (non-hydrogen) atoms. The molecule has 4 nitrogen and oxygen atoms in total. The molecule has 0 aromatic carbocycles. The van der Waals surface area contributed by atoms with E-state index in [1.807, 2.05) is 0 Å². The Morgan fingerprint density at radius 3 is 1.44 bits per heavy atom. The minimum Gasteiger partial charge on any atom is -0.291 e. The van der Waals surface area contributed by atoms with Crippen LogP contribution in [0.5, 0.6) is 0 Å². The molecule has 0 saturated heterocycles. The van der Waals surface area contributed by atoms with E-state index in [2.05, 4.69) is 0 Å². The van der Waals surface area contributed by atoms with Crippen LogP contribution in [0.3, 0.4) is 0 Å². The van der Waals surface area contributed by atoms with Gasteiger partial charge in [-0.05, 0) is 25.7 Å². The number of carbonyl (C=O) groups excluding carboxylic acids is 4. The Balaban J connectivity index is 2.17. The lowest BCUT2D eigenvalue weighted by atomic mass is 9.71. The van der Waals surface area contributed by atoms with Gasteiger partial charge in [0.2, 0.25) is 11.6 Å². The molecule has 86 valence electrons. The number of hydrogen-bond donors (Lipinski definition) is 0. The summed E-state index contributed by atoms with van der Waals surface area (Å²) < 4.78 is 0. The Morgan fingerprint density at radius 2 is 1.06 bits per heavy atom. The lowest BCUT2D eigenvalue weighted by Gasteiger charge is -2.29. The van der Waals surface area contributed by atoms with E-state index < -0.39 is 23.4 Å². The van der Waals surface area contributed by atoms with Crippen LogP contribution in [-0.4, -0.2) is 23.1 Å². The Hall–Kier alpha value is -1.32. The molecule has 4 heteroatoms. The van der Waals surface area contributed by atoms with Crippen molar-refractivity contribution in [1.82, 2.24) is 0 Å². The van der Waals surface area contributed by atoms with E-state index in [1.54, 1.807) is 0 Å². The average Bonchev–Trinajstić information content (AvgIpc) is 2.27. The highest BCUT2D eigenvalue weighted by Gasteiger charge is 2.41. The smallest absolute Gasteiger partial charge is 0.202 e. The van der Waals surface area contributed by atoms with Crippen molar-refractivity contribution in [3.63, 3.8) is 0 Å². The normalized spacial score (nSPS) is 32.0. The van der Waals surface area contributed by atoms with Crippen molar-refractivity contribution in [2.75, 3.05) is 0 Å². The van der Waals surface area contributed by atoms with Crippen molar-refractivity contribution in [2.45, 2.75) is 38.5 Å². The Bertz CT molecular complexity index is 333. The zero-order valence-electron chi connectivity index (χ0n) is 9.03. The minimum atomic E-state index is -0.516. The van der Waals surface area contributed by atoms with Gasteiger partial charge in [0, 0.05) is 24.7 Å². The highest BCUT2D eigenvalue weighted by Crippen LogP contribution is 2.32. The Labute approximate surface area is 93.4 Å². The summed E-state index contributed by atoms with van der Waals surface area (Å²) in [7, 11) is 0. The third kappa shape index (κ3) is 1.84. The molecule has 0 spiro atoms. The average molecular weight is 222 g/mol. The van der Waals surface area contributed by atoms with Gasteiger partial charge in [0.25, 0.3) is 0 Å². The number of carbonyl (C=O) groups is 4. The van der Waals surface area contributed by atoms with Gasteiger partial charge in [0.05, 0.1) is 0 Å². The molecule has 2 aliphatic carbocycles. The molecule has 2 saturated carbocycles.